The van der Waals surface area contributed by atoms with Crippen molar-refractivity contribution in [2.75, 3.05) is 6.61 Å². The summed E-state index contributed by atoms with van der Waals surface area (Å²) in [6.07, 6.45) is 9.10. The number of hydrogen-bond acceptors (Lipinski definition) is 4. The van der Waals surface area contributed by atoms with E-state index in [0.29, 0.717) is 11.4 Å². The predicted octanol–water partition coefficient (Wildman–Crippen LogP) is 6.88. The van der Waals surface area contributed by atoms with Gasteiger partial charge in [-0.3, -0.25) is 9.89 Å². The lowest BCUT2D eigenvalue weighted by molar-refractivity contribution is 0.0950. The highest BCUT2D eigenvalue weighted by Gasteiger charge is 2.13. The average molecular weight is 475 g/mol. The summed E-state index contributed by atoms with van der Waals surface area (Å²) in [4.78, 5) is 12.4. The minimum Gasteiger partial charge on any atom is -0.494 e. The van der Waals surface area contributed by atoms with Crippen LogP contribution in [0.2, 0.25) is 0 Å². The van der Waals surface area contributed by atoms with E-state index in [1.807, 2.05) is 36.4 Å². The molecule has 3 aromatic rings. The van der Waals surface area contributed by atoms with Gasteiger partial charge in [0.1, 0.15) is 11.4 Å². The molecule has 0 atom stereocenters. The van der Waals surface area contributed by atoms with Gasteiger partial charge in [0.25, 0.3) is 5.91 Å². The van der Waals surface area contributed by atoms with E-state index in [4.69, 9.17) is 4.74 Å². The number of H-pyrrole nitrogens is 1. The molecule has 0 fully saturated rings. The van der Waals surface area contributed by atoms with E-state index in [0.717, 1.165) is 29.9 Å². The fourth-order valence-corrected chi connectivity index (χ4v) is 3.68. The van der Waals surface area contributed by atoms with Gasteiger partial charge in [-0.15, -0.1) is 0 Å². The molecule has 3 rings (SSSR count). The topological polar surface area (TPSA) is 79.4 Å². The van der Waals surface area contributed by atoms with Gasteiger partial charge in [0.15, 0.2) is 0 Å². The molecule has 2 N–H and O–H groups in total. The highest BCUT2D eigenvalue weighted by Crippen LogP contribution is 2.23. The first-order valence-corrected chi connectivity index (χ1v) is 12.6. The Kier molecular flexibility index (Phi) is 9.65. The third kappa shape index (κ3) is 8.39. The smallest absolute Gasteiger partial charge is 0.289 e. The summed E-state index contributed by atoms with van der Waals surface area (Å²) >= 11 is 0. The minimum absolute atomic E-state index is 0.100. The summed E-state index contributed by atoms with van der Waals surface area (Å²) in [7, 11) is 0. The molecular weight excluding hydrogens is 436 g/mol. The molecule has 0 aliphatic heterocycles. The molecule has 0 aliphatic rings. The van der Waals surface area contributed by atoms with Crippen LogP contribution in [0.4, 0.5) is 0 Å². The van der Waals surface area contributed by atoms with Crippen molar-refractivity contribution in [3.8, 4) is 17.0 Å². The second kappa shape index (κ2) is 12.9. The summed E-state index contributed by atoms with van der Waals surface area (Å²) in [6, 6.07) is 17.6. The SMILES string of the molecule is CCCCCCCCOc1ccc(-c2cc(C(=O)N/N=C\c3ccc(C(C)(C)C)cc3)[nH]n2)cc1. The highest BCUT2D eigenvalue weighted by molar-refractivity contribution is 5.94. The first-order chi connectivity index (χ1) is 16.9. The Hall–Kier alpha value is -3.41. The summed E-state index contributed by atoms with van der Waals surface area (Å²) in [6.45, 7) is 9.49. The Balaban J connectivity index is 1.46. The zero-order chi connectivity index (χ0) is 25.1. The fourth-order valence-electron chi connectivity index (χ4n) is 3.68. The maximum atomic E-state index is 12.4. The van der Waals surface area contributed by atoms with Crippen molar-refractivity contribution in [1.29, 1.82) is 0 Å². The molecule has 0 saturated carbocycles. The van der Waals surface area contributed by atoms with Crippen LogP contribution in [0.1, 0.15) is 87.8 Å². The average Bonchev–Trinajstić information content (AvgIpc) is 3.34. The predicted molar refractivity (Wildman–Crippen MR) is 143 cm³/mol. The number of nitrogens with one attached hydrogen (secondary N) is 2. The summed E-state index contributed by atoms with van der Waals surface area (Å²) < 4.78 is 5.84. The molecule has 0 saturated heterocycles. The third-order valence-corrected chi connectivity index (χ3v) is 5.90. The van der Waals surface area contributed by atoms with Crippen LogP contribution in [0.25, 0.3) is 11.3 Å². The van der Waals surface area contributed by atoms with Crippen LogP contribution < -0.4 is 10.2 Å². The number of aromatic amines is 1. The number of hydrogen-bond donors (Lipinski definition) is 2. The van der Waals surface area contributed by atoms with Gasteiger partial charge >= 0.3 is 0 Å². The van der Waals surface area contributed by atoms with Gasteiger partial charge < -0.3 is 4.74 Å². The van der Waals surface area contributed by atoms with Crippen LogP contribution >= 0.6 is 0 Å². The van der Waals surface area contributed by atoms with Gasteiger partial charge in [-0.05, 0) is 53.3 Å². The monoisotopic (exact) mass is 474 g/mol. The molecule has 186 valence electrons. The molecule has 6 heteroatoms. The van der Waals surface area contributed by atoms with Crippen LogP contribution in [-0.2, 0) is 5.41 Å². The standard InChI is InChI=1S/C29H38N4O2/c1-5-6-7-8-9-10-19-35-25-17-13-23(14-18-25)26-20-27(32-31-26)28(34)33-30-21-22-11-15-24(16-12-22)29(2,3)4/h11-18,20-21H,5-10,19H2,1-4H3,(H,31,32)(H,33,34)/b30-21-. The number of benzene rings is 2. The van der Waals surface area contributed by atoms with Gasteiger partial charge in [0, 0.05) is 5.56 Å². The number of unbranched alkanes of at least 4 members (excludes halogenated alkanes) is 5. The zero-order valence-electron chi connectivity index (χ0n) is 21.4. The Morgan fingerprint density at radius 1 is 1.00 bits per heavy atom. The quantitative estimate of drug-likeness (QED) is 0.171. The van der Waals surface area contributed by atoms with Crippen molar-refractivity contribution in [3.05, 3.63) is 71.4 Å². The van der Waals surface area contributed by atoms with Gasteiger partial charge in [-0.25, -0.2) is 5.43 Å². The van der Waals surface area contributed by atoms with Crippen LogP contribution in [0, 0.1) is 0 Å². The minimum atomic E-state index is -0.342. The lowest BCUT2D eigenvalue weighted by Crippen LogP contribution is -2.18. The van der Waals surface area contributed by atoms with Gasteiger partial charge in [0.2, 0.25) is 0 Å². The van der Waals surface area contributed by atoms with E-state index >= 15 is 0 Å². The highest BCUT2D eigenvalue weighted by atomic mass is 16.5. The number of amides is 1. The fraction of sp³-hybridized carbons (Fsp3) is 0.414. The van der Waals surface area contributed by atoms with Crippen LogP contribution in [0.5, 0.6) is 5.75 Å². The second-order valence-corrected chi connectivity index (χ2v) is 9.88. The Bertz CT molecular complexity index is 1080. The Morgan fingerprint density at radius 2 is 1.69 bits per heavy atom. The maximum absolute atomic E-state index is 12.4. The molecule has 0 bridgehead atoms. The van der Waals surface area contributed by atoms with Crippen molar-refractivity contribution in [2.45, 2.75) is 71.6 Å². The maximum Gasteiger partial charge on any atom is 0.289 e. The summed E-state index contributed by atoms with van der Waals surface area (Å²) in [5, 5.41) is 11.1. The largest absolute Gasteiger partial charge is 0.494 e. The number of ether oxygens (including phenoxy) is 1. The van der Waals surface area contributed by atoms with Crippen molar-refractivity contribution in [2.24, 2.45) is 5.10 Å². The third-order valence-electron chi connectivity index (χ3n) is 5.90. The van der Waals surface area contributed by atoms with Crippen LogP contribution in [-0.4, -0.2) is 28.9 Å². The molecular formula is C29H38N4O2. The van der Waals surface area contributed by atoms with E-state index in [2.05, 4.69) is 60.6 Å². The lowest BCUT2D eigenvalue weighted by Gasteiger charge is -2.18. The molecule has 1 heterocycles. The molecule has 1 amide bonds. The van der Waals surface area contributed by atoms with Gasteiger partial charge in [-0.1, -0.05) is 84.1 Å². The number of hydrazone groups is 1. The van der Waals surface area contributed by atoms with E-state index in [-0.39, 0.29) is 11.3 Å². The number of rotatable bonds is 12. The summed E-state index contributed by atoms with van der Waals surface area (Å²) in [5.74, 6) is 0.505. The molecule has 1 aromatic heterocycles. The first-order valence-electron chi connectivity index (χ1n) is 12.6. The Labute approximate surface area is 209 Å². The normalized spacial score (nSPS) is 11.7. The zero-order valence-corrected chi connectivity index (χ0v) is 21.4. The summed E-state index contributed by atoms with van der Waals surface area (Å²) in [5.41, 5.74) is 6.78. The molecule has 0 radical (unpaired) electrons. The second-order valence-electron chi connectivity index (χ2n) is 9.88. The number of carbonyl (C=O) groups excluding carboxylic acids is 1. The van der Waals surface area contributed by atoms with E-state index in [9.17, 15) is 4.79 Å². The molecule has 0 aliphatic carbocycles. The first kappa shape index (κ1) is 26.2. The molecule has 0 spiro atoms. The number of aromatic nitrogens is 2. The van der Waals surface area contributed by atoms with Crippen LogP contribution in [0.15, 0.2) is 59.7 Å². The van der Waals surface area contributed by atoms with Crippen LogP contribution in [0.3, 0.4) is 0 Å². The van der Waals surface area contributed by atoms with Crippen molar-refractivity contribution in [1.82, 2.24) is 15.6 Å². The van der Waals surface area contributed by atoms with E-state index < -0.39 is 0 Å². The lowest BCUT2D eigenvalue weighted by atomic mass is 9.87. The number of carbonyl (C=O) groups is 1. The van der Waals surface area contributed by atoms with Crippen molar-refractivity contribution in [3.63, 3.8) is 0 Å². The van der Waals surface area contributed by atoms with E-state index in [1.165, 1.54) is 37.7 Å². The molecule has 35 heavy (non-hydrogen) atoms. The Morgan fingerprint density at radius 3 is 2.37 bits per heavy atom. The number of nitrogens with zero attached hydrogens (tertiary/aromatic N) is 2. The van der Waals surface area contributed by atoms with E-state index in [1.54, 1.807) is 12.3 Å². The molecule has 2 aromatic carbocycles. The molecule has 6 nitrogen and oxygen atoms in total. The molecule has 0 unspecified atom stereocenters. The van der Waals surface area contributed by atoms with Crippen molar-refractivity contribution < 1.29 is 9.53 Å². The van der Waals surface area contributed by atoms with Crippen molar-refractivity contribution >= 4 is 12.1 Å². The van der Waals surface area contributed by atoms with Gasteiger partial charge in [0.05, 0.1) is 18.5 Å². The van der Waals surface area contributed by atoms with Gasteiger partial charge in [-0.2, -0.15) is 10.2 Å².